The summed E-state index contributed by atoms with van der Waals surface area (Å²) in [6, 6.07) is 5.02. The van der Waals surface area contributed by atoms with Crippen molar-refractivity contribution in [1.29, 1.82) is 0 Å². The van der Waals surface area contributed by atoms with Crippen LogP contribution in [-0.4, -0.2) is 14.3 Å². The molecular weight excluding hydrogens is 238 g/mol. The summed E-state index contributed by atoms with van der Waals surface area (Å²) < 4.78 is 25.4. The number of rotatable bonds is 3. The maximum absolute atomic E-state index is 11.7. The van der Waals surface area contributed by atoms with Crippen LogP contribution in [0.3, 0.4) is 0 Å². The molecule has 0 aliphatic carbocycles. The lowest BCUT2D eigenvalue weighted by molar-refractivity contribution is 0.0983. The molecule has 1 aromatic rings. The molecule has 17 heavy (non-hydrogen) atoms. The van der Waals surface area contributed by atoms with Gasteiger partial charge in [-0.1, -0.05) is 26.0 Å². The Morgan fingerprint density at radius 2 is 1.88 bits per heavy atom. The quantitative estimate of drug-likeness (QED) is 0.896. The molecule has 1 amide bonds. The van der Waals surface area contributed by atoms with Gasteiger partial charge in [0.1, 0.15) is 4.90 Å². The summed E-state index contributed by atoms with van der Waals surface area (Å²) in [6.45, 7) is 4.07. The fourth-order valence-corrected chi connectivity index (χ4v) is 3.50. The third kappa shape index (κ3) is 1.84. The lowest BCUT2D eigenvalue weighted by atomic mass is 9.90. The highest BCUT2D eigenvalue weighted by Gasteiger charge is 2.35. The molecule has 1 heterocycles. The third-order valence-corrected chi connectivity index (χ3v) is 4.60. The van der Waals surface area contributed by atoms with E-state index in [1.807, 2.05) is 24.6 Å². The maximum atomic E-state index is 11.7. The summed E-state index contributed by atoms with van der Waals surface area (Å²) >= 11 is 0. The standard InChI is InChI=1S/C12H15NO3S/c1-3-8(4-2)9-6-5-7-10-11(9)12(14)13-17(10,15)16/h5-8H,3-4H2,1-2H3,(H,13,14). The second-order valence-electron chi connectivity index (χ2n) is 4.17. The summed E-state index contributed by atoms with van der Waals surface area (Å²) in [5.41, 5.74) is 1.17. The van der Waals surface area contributed by atoms with Gasteiger partial charge in [-0.25, -0.2) is 13.1 Å². The maximum Gasteiger partial charge on any atom is 0.266 e. The van der Waals surface area contributed by atoms with Crippen LogP contribution in [0, 0.1) is 0 Å². The van der Waals surface area contributed by atoms with Crippen LogP contribution in [0.4, 0.5) is 0 Å². The van der Waals surface area contributed by atoms with Gasteiger partial charge in [0.2, 0.25) is 0 Å². The van der Waals surface area contributed by atoms with Gasteiger partial charge in [-0.2, -0.15) is 0 Å². The second kappa shape index (κ2) is 4.14. The molecule has 1 N–H and O–H groups in total. The predicted octanol–water partition coefficient (Wildman–Crippen LogP) is 2.02. The third-order valence-electron chi connectivity index (χ3n) is 3.23. The summed E-state index contributed by atoms with van der Waals surface area (Å²) in [6.07, 6.45) is 1.78. The number of carbonyl (C=O) groups is 1. The Morgan fingerprint density at radius 3 is 2.47 bits per heavy atom. The fraction of sp³-hybridized carbons (Fsp3) is 0.417. The van der Waals surface area contributed by atoms with Gasteiger partial charge in [0.05, 0.1) is 5.56 Å². The van der Waals surface area contributed by atoms with Crippen molar-refractivity contribution in [3.8, 4) is 0 Å². The Labute approximate surface area is 101 Å². The van der Waals surface area contributed by atoms with Gasteiger partial charge in [-0.05, 0) is 30.4 Å². The van der Waals surface area contributed by atoms with E-state index in [1.54, 1.807) is 6.07 Å². The summed E-state index contributed by atoms with van der Waals surface area (Å²) in [4.78, 5) is 11.9. The molecule has 1 aliphatic rings. The van der Waals surface area contributed by atoms with E-state index in [0.717, 1.165) is 18.4 Å². The van der Waals surface area contributed by atoms with Gasteiger partial charge in [0.25, 0.3) is 15.9 Å². The number of hydrogen-bond donors (Lipinski definition) is 1. The van der Waals surface area contributed by atoms with Crippen molar-refractivity contribution in [2.45, 2.75) is 37.5 Å². The van der Waals surface area contributed by atoms with E-state index in [9.17, 15) is 13.2 Å². The molecule has 0 saturated carbocycles. The largest absolute Gasteiger partial charge is 0.268 e. The van der Waals surface area contributed by atoms with Crippen LogP contribution in [0.15, 0.2) is 23.1 Å². The Hall–Kier alpha value is -1.36. The Balaban J connectivity index is 2.67. The highest BCUT2D eigenvalue weighted by molar-refractivity contribution is 7.90. The summed E-state index contributed by atoms with van der Waals surface area (Å²) in [7, 11) is -3.63. The topological polar surface area (TPSA) is 63.2 Å². The van der Waals surface area contributed by atoms with Crippen LogP contribution in [0.5, 0.6) is 0 Å². The van der Waals surface area contributed by atoms with Crippen molar-refractivity contribution in [1.82, 2.24) is 4.72 Å². The minimum atomic E-state index is -3.63. The van der Waals surface area contributed by atoms with E-state index in [4.69, 9.17) is 0 Å². The number of nitrogens with one attached hydrogen (secondary N) is 1. The van der Waals surface area contributed by atoms with Crippen molar-refractivity contribution in [2.75, 3.05) is 0 Å². The van der Waals surface area contributed by atoms with Crippen LogP contribution in [-0.2, 0) is 10.0 Å². The number of amides is 1. The van der Waals surface area contributed by atoms with E-state index in [2.05, 4.69) is 0 Å². The molecule has 5 heteroatoms. The van der Waals surface area contributed by atoms with Crippen molar-refractivity contribution >= 4 is 15.9 Å². The Kier molecular flexibility index (Phi) is 2.95. The van der Waals surface area contributed by atoms with E-state index < -0.39 is 15.9 Å². The van der Waals surface area contributed by atoms with Crippen LogP contribution >= 0.6 is 0 Å². The molecule has 2 rings (SSSR count). The van der Waals surface area contributed by atoms with E-state index >= 15 is 0 Å². The highest BCUT2D eigenvalue weighted by atomic mass is 32.2. The zero-order valence-corrected chi connectivity index (χ0v) is 10.7. The first-order valence-electron chi connectivity index (χ1n) is 5.71. The molecule has 0 fully saturated rings. The molecular formula is C12H15NO3S. The molecule has 0 atom stereocenters. The first-order chi connectivity index (χ1) is 8.01. The molecule has 0 radical (unpaired) electrons. The van der Waals surface area contributed by atoms with Gasteiger partial charge in [0, 0.05) is 0 Å². The van der Waals surface area contributed by atoms with Crippen LogP contribution in [0.1, 0.15) is 48.5 Å². The van der Waals surface area contributed by atoms with Crippen molar-refractivity contribution < 1.29 is 13.2 Å². The van der Waals surface area contributed by atoms with Crippen molar-refractivity contribution in [3.63, 3.8) is 0 Å². The molecule has 0 saturated heterocycles. The van der Waals surface area contributed by atoms with E-state index in [-0.39, 0.29) is 10.8 Å². The Morgan fingerprint density at radius 1 is 1.24 bits per heavy atom. The number of sulfonamides is 1. The molecule has 0 unspecified atom stereocenters. The number of hydrogen-bond acceptors (Lipinski definition) is 3. The van der Waals surface area contributed by atoms with E-state index in [0.29, 0.717) is 5.56 Å². The minimum Gasteiger partial charge on any atom is -0.268 e. The molecule has 1 aromatic carbocycles. The summed E-state index contributed by atoms with van der Waals surface area (Å²) in [5.74, 6) is -0.272. The van der Waals surface area contributed by atoms with Crippen LogP contribution in [0.25, 0.3) is 0 Å². The normalized spacial score (nSPS) is 17.0. The Bertz CT molecular complexity index is 559. The second-order valence-corrected chi connectivity index (χ2v) is 5.82. The van der Waals surface area contributed by atoms with Crippen molar-refractivity contribution in [3.05, 3.63) is 29.3 Å². The smallest absolute Gasteiger partial charge is 0.266 e. The lowest BCUT2D eigenvalue weighted by Crippen LogP contribution is -2.21. The minimum absolute atomic E-state index is 0.118. The lowest BCUT2D eigenvalue weighted by Gasteiger charge is -2.14. The van der Waals surface area contributed by atoms with Gasteiger partial charge in [-0.15, -0.1) is 0 Å². The zero-order chi connectivity index (χ0) is 12.6. The zero-order valence-electron chi connectivity index (χ0n) is 9.86. The average Bonchev–Trinajstić information content (AvgIpc) is 2.52. The number of carbonyl (C=O) groups excluding carboxylic acids is 1. The van der Waals surface area contributed by atoms with Crippen LogP contribution < -0.4 is 4.72 Å². The average molecular weight is 253 g/mol. The SMILES string of the molecule is CCC(CC)c1cccc2c1C(=O)NS2(=O)=O. The van der Waals surface area contributed by atoms with E-state index in [1.165, 1.54) is 6.07 Å². The van der Waals surface area contributed by atoms with Crippen molar-refractivity contribution in [2.24, 2.45) is 0 Å². The molecule has 0 spiro atoms. The predicted molar refractivity (Wildman–Crippen MR) is 64.4 cm³/mol. The first-order valence-corrected chi connectivity index (χ1v) is 7.19. The first kappa shape index (κ1) is 12.1. The molecule has 4 nitrogen and oxygen atoms in total. The number of fused-ring (bicyclic) bond motifs is 1. The summed E-state index contributed by atoms with van der Waals surface area (Å²) in [5, 5.41) is 0. The molecule has 0 bridgehead atoms. The van der Waals surface area contributed by atoms with Gasteiger partial charge in [-0.3, -0.25) is 4.79 Å². The molecule has 92 valence electrons. The monoisotopic (exact) mass is 253 g/mol. The number of benzene rings is 1. The highest BCUT2D eigenvalue weighted by Crippen LogP contribution is 2.32. The van der Waals surface area contributed by atoms with Crippen LogP contribution in [0.2, 0.25) is 0 Å². The molecule has 1 aliphatic heterocycles. The van der Waals surface area contributed by atoms with Gasteiger partial charge < -0.3 is 0 Å². The van der Waals surface area contributed by atoms with Gasteiger partial charge in [0.15, 0.2) is 0 Å². The van der Waals surface area contributed by atoms with Gasteiger partial charge >= 0.3 is 0 Å². The molecule has 0 aromatic heterocycles. The fourth-order valence-electron chi connectivity index (χ4n) is 2.31.